The molecule has 0 bridgehead atoms. The quantitative estimate of drug-likeness (QED) is 0.394. The second-order valence-electron chi connectivity index (χ2n) is 7.24. The maximum atomic E-state index is 13.2. The fourth-order valence-corrected chi connectivity index (χ4v) is 3.42. The van der Waals surface area contributed by atoms with Gasteiger partial charge in [-0.15, -0.1) is 0 Å². The van der Waals surface area contributed by atoms with Crippen LogP contribution in [-0.4, -0.2) is 34.7 Å². The Kier molecular flexibility index (Phi) is 7.02. The van der Waals surface area contributed by atoms with Crippen molar-refractivity contribution in [1.29, 1.82) is 0 Å². The lowest BCUT2D eigenvalue weighted by molar-refractivity contribution is -0.384. The van der Waals surface area contributed by atoms with Gasteiger partial charge in [-0.05, 0) is 30.5 Å². The van der Waals surface area contributed by atoms with E-state index >= 15 is 0 Å². The van der Waals surface area contributed by atoms with Crippen molar-refractivity contribution in [3.05, 3.63) is 70.0 Å². The number of benzene rings is 2. The molecule has 0 unspecified atom stereocenters. The molecule has 1 N–H and O–H groups in total. The van der Waals surface area contributed by atoms with E-state index in [-0.39, 0.29) is 29.7 Å². The molecular weight excluding hydrogens is 398 g/mol. The molecule has 3 rings (SSSR count). The lowest BCUT2D eigenvalue weighted by Crippen LogP contribution is -2.33. The largest absolute Gasteiger partial charge is 0.449 e. The Morgan fingerprint density at radius 3 is 2.29 bits per heavy atom. The molecule has 0 aliphatic carbocycles. The van der Waals surface area contributed by atoms with E-state index in [9.17, 15) is 19.7 Å². The van der Waals surface area contributed by atoms with Gasteiger partial charge in [-0.3, -0.25) is 19.7 Å². The number of nitrogens with zero attached hydrogens (tertiary/aromatic N) is 2. The third-order valence-corrected chi connectivity index (χ3v) is 4.84. The Morgan fingerprint density at radius 2 is 1.68 bits per heavy atom. The van der Waals surface area contributed by atoms with Gasteiger partial charge in [0.25, 0.3) is 11.6 Å². The second-order valence-corrected chi connectivity index (χ2v) is 7.24. The van der Waals surface area contributed by atoms with Crippen molar-refractivity contribution < 1.29 is 18.9 Å². The zero-order valence-corrected chi connectivity index (χ0v) is 17.6. The third kappa shape index (κ3) is 5.09. The van der Waals surface area contributed by atoms with E-state index in [2.05, 4.69) is 5.32 Å². The van der Waals surface area contributed by atoms with Crippen LogP contribution in [0.5, 0.6) is 0 Å². The van der Waals surface area contributed by atoms with Gasteiger partial charge in [0, 0.05) is 30.6 Å². The number of nitro groups is 1. The average molecular weight is 423 g/mol. The molecule has 3 aromatic rings. The van der Waals surface area contributed by atoms with Gasteiger partial charge in [0.05, 0.1) is 11.3 Å². The van der Waals surface area contributed by atoms with Crippen molar-refractivity contribution in [1.82, 2.24) is 4.90 Å². The lowest BCUT2D eigenvalue weighted by Gasteiger charge is -2.20. The minimum atomic E-state index is -0.488. The normalized spacial score (nSPS) is 10.8. The summed E-state index contributed by atoms with van der Waals surface area (Å²) in [4.78, 5) is 37.9. The van der Waals surface area contributed by atoms with E-state index in [0.29, 0.717) is 35.3 Å². The smallest absolute Gasteiger partial charge is 0.291 e. The first-order chi connectivity index (χ1) is 14.9. The van der Waals surface area contributed by atoms with Crippen molar-refractivity contribution >= 4 is 34.2 Å². The zero-order chi connectivity index (χ0) is 22.4. The van der Waals surface area contributed by atoms with Crippen LogP contribution in [0.3, 0.4) is 0 Å². The molecule has 0 saturated carbocycles. The number of nitrogens with one attached hydrogen (secondary N) is 1. The van der Waals surface area contributed by atoms with Gasteiger partial charge < -0.3 is 14.6 Å². The molecule has 0 radical (unpaired) electrons. The summed E-state index contributed by atoms with van der Waals surface area (Å²) in [5.74, 6) is -0.488. The number of rotatable bonds is 9. The second kappa shape index (κ2) is 9.88. The van der Waals surface area contributed by atoms with E-state index in [1.807, 2.05) is 19.9 Å². The Balaban J connectivity index is 1.88. The minimum Gasteiger partial charge on any atom is -0.449 e. The summed E-state index contributed by atoms with van der Waals surface area (Å²) in [6.07, 6.45) is 1.64. The zero-order valence-electron chi connectivity index (χ0n) is 17.6. The first-order valence-corrected chi connectivity index (χ1v) is 10.3. The number of furan rings is 1. The predicted octanol–water partition coefficient (Wildman–Crippen LogP) is 4.78. The number of nitro benzene ring substituents is 1. The molecule has 8 nitrogen and oxygen atoms in total. The SMILES string of the molecule is CCCN(CCC)C(=O)c1oc2ccccc2c1NC(=O)Cc1ccc([N+](=O)[O-])cc1. The van der Waals surface area contributed by atoms with Crippen LogP contribution in [0.25, 0.3) is 11.0 Å². The van der Waals surface area contributed by atoms with Crippen LogP contribution in [0, 0.1) is 10.1 Å². The molecule has 0 atom stereocenters. The molecule has 162 valence electrons. The van der Waals surface area contributed by atoms with Crippen molar-refractivity contribution in [3.8, 4) is 0 Å². The molecule has 2 aromatic carbocycles. The molecule has 31 heavy (non-hydrogen) atoms. The van der Waals surface area contributed by atoms with Gasteiger partial charge in [-0.25, -0.2) is 0 Å². The highest BCUT2D eigenvalue weighted by Gasteiger charge is 2.26. The Morgan fingerprint density at radius 1 is 1.03 bits per heavy atom. The number of carbonyl (C=O) groups excluding carboxylic acids is 2. The van der Waals surface area contributed by atoms with Crippen LogP contribution >= 0.6 is 0 Å². The summed E-state index contributed by atoms with van der Waals surface area (Å²) < 4.78 is 5.85. The summed E-state index contributed by atoms with van der Waals surface area (Å²) in [6, 6.07) is 13.0. The van der Waals surface area contributed by atoms with Crippen molar-refractivity contribution in [3.63, 3.8) is 0 Å². The maximum absolute atomic E-state index is 13.2. The number of non-ortho nitro benzene ring substituents is 1. The number of para-hydroxylation sites is 1. The molecule has 0 aliphatic heterocycles. The summed E-state index contributed by atoms with van der Waals surface area (Å²) in [7, 11) is 0. The molecule has 8 heteroatoms. The van der Waals surface area contributed by atoms with Crippen LogP contribution in [0.2, 0.25) is 0 Å². The Hall–Kier alpha value is -3.68. The Labute approximate surface area is 180 Å². The molecule has 1 aromatic heterocycles. The lowest BCUT2D eigenvalue weighted by atomic mass is 10.1. The van der Waals surface area contributed by atoms with Gasteiger partial charge in [-0.2, -0.15) is 0 Å². The first-order valence-electron chi connectivity index (χ1n) is 10.3. The number of hydrogen-bond acceptors (Lipinski definition) is 5. The van der Waals surface area contributed by atoms with Crippen LogP contribution < -0.4 is 5.32 Å². The fourth-order valence-electron chi connectivity index (χ4n) is 3.42. The van der Waals surface area contributed by atoms with Gasteiger partial charge >= 0.3 is 0 Å². The topological polar surface area (TPSA) is 106 Å². The van der Waals surface area contributed by atoms with E-state index in [0.717, 1.165) is 12.8 Å². The number of carbonyl (C=O) groups is 2. The summed E-state index contributed by atoms with van der Waals surface area (Å²) >= 11 is 0. The highest BCUT2D eigenvalue weighted by molar-refractivity contribution is 6.11. The first kappa shape index (κ1) is 22.0. The van der Waals surface area contributed by atoms with Crippen LogP contribution in [-0.2, 0) is 11.2 Å². The van der Waals surface area contributed by atoms with Crippen LogP contribution in [0.4, 0.5) is 11.4 Å². The molecular formula is C23H25N3O5. The standard InChI is InChI=1S/C23H25N3O5/c1-3-13-25(14-4-2)23(28)22-21(18-7-5-6-8-19(18)31-22)24-20(27)15-16-9-11-17(12-10-16)26(29)30/h5-12H,3-4,13-15H2,1-2H3,(H,24,27). The Bertz CT molecular complexity index is 1080. The predicted molar refractivity (Wildman–Crippen MR) is 118 cm³/mol. The molecule has 0 fully saturated rings. The van der Waals surface area contributed by atoms with Crippen LogP contribution in [0.1, 0.15) is 42.8 Å². The highest BCUT2D eigenvalue weighted by atomic mass is 16.6. The average Bonchev–Trinajstić information content (AvgIpc) is 3.11. The summed E-state index contributed by atoms with van der Waals surface area (Å²) in [6.45, 7) is 5.20. The van der Waals surface area contributed by atoms with E-state index < -0.39 is 4.92 Å². The monoisotopic (exact) mass is 423 g/mol. The molecule has 1 heterocycles. The van der Waals surface area contributed by atoms with Crippen molar-refractivity contribution in [2.24, 2.45) is 0 Å². The maximum Gasteiger partial charge on any atom is 0.291 e. The molecule has 0 saturated heterocycles. The van der Waals surface area contributed by atoms with Crippen molar-refractivity contribution in [2.75, 3.05) is 18.4 Å². The van der Waals surface area contributed by atoms with Gasteiger partial charge in [-0.1, -0.05) is 38.1 Å². The van der Waals surface area contributed by atoms with Gasteiger partial charge in [0.2, 0.25) is 11.7 Å². The number of fused-ring (bicyclic) bond motifs is 1. The third-order valence-electron chi connectivity index (χ3n) is 4.84. The minimum absolute atomic E-state index is 0.0127. The highest BCUT2D eigenvalue weighted by Crippen LogP contribution is 2.32. The number of hydrogen-bond donors (Lipinski definition) is 1. The molecule has 0 spiro atoms. The van der Waals surface area contributed by atoms with Crippen molar-refractivity contribution in [2.45, 2.75) is 33.1 Å². The van der Waals surface area contributed by atoms with Gasteiger partial charge in [0.1, 0.15) is 11.3 Å². The van der Waals surface area contributed by atoms with E-state index in [1.54, 1.807) is 35.2 Å². The van der Waals surface area contributed by atoms with E-state index in [4.69, 9.17) is 4.42 Å². The van der Waals surface area contributed by atoms with Gasteiger partial charge in [0.15, 0.2) is 0 Å². The van der Waals surface area contributed by atoms with E-state index in [1.165, 1.54) is 12.1 Å². The number of anilines is 1. The molecule has 2 amide bonds. The summed E-state index contributed by atoms with van der Waals surface area (Å²) in [5, 5.41) is 14.3. The van der Waals surface area contributed by atoms with Crippen LogP contribution in [0.15, 0.2) is 52.9 Å². The number of amides is 2. The fraction of sp³-hybridized carbons (Fsp3) is 0.304. The summed E-state index contributed by atoms with van der Waals surface area (Å²) in [5.41, 5.74) is 1.46. The molecule has 0 aliphatic rings.